The average Bonchev–Trinajstić information content (AvgIpc) is 3.18. The first-order valence-electron chi connectivity index (χ1n) is 7.71. The summed E-state index contributed by atoms with van der Waals surface area (Å²) < 4.78 is 13.2. The lowest BCUT2D eigenvalue weighted by Crippen LogP contribution is -2.33. The van der Waals surface area contributed by atoms with Crippen LogP contribution in [0.5, 0.6) is 0 Å². The normalized spacial score (nSPS) is 20.9. The molecule has 0 aliphatic carbocycles. The predicted octanol–water partition coefficient (Wildman–Crippen LogP) is 2.43. The molecule has 1 fully saturated rings. The number of aliphatic hydroxyl groups excluding tert-OH is 2. The Hall–Kier alpha value is -2.09. The van der Waals surface area contributed by atoms with Gasteiger partial charge in [0.1, 0.15) is 22.8 Å². The van der Waals surface area contributed by atoms with Gasteiger partial charge in [-0.05, 0) is 24.1 Å². The van der Waals surface area contributed by atoms with Crippen LogP contribution in [0.15, 0.2) is 36.0 Å². The second kappa shape index (κ2) is 6.08. The molecule has 2 unspecified atom stereocenters. The second-order valence-electron chi connectivity index (χ2n) is 5.91. The maximum atomic E-state index is 13.2. The number of halogens is 1. The Kier molecular flexibility index (Phi) is 3.91. The van der Waals surface area contributed by atoms with Gasteiger partial charge in [-0.1, -0.05) is 12.1 Å². The van der Waals surface area contributed by atoms with E-state index in [0.29, 0.717) is 18.8 Å². The summed E-state index contributed by atoms with van der Waals surface area (Å²) >= 11 is 1.50. The summed E-state index contributed by atoms with van der Waals surface area (Å²) in [5.41, 5.74) is 1.82. The zero-order valence-electron chi connectivity index (χ0n) is 12.8. The second-order valence-corrected chi connectivity index (χ2v) is 6.77. The lowest BCUT2D eigenvalue weighted by Gasteiger charge is -2.24. The van der Waals surface area contributed by atoms with Gasteiger partial charge in [-0.25, -0.2) is 14.4 Å². The minimum Gasteiger partial charge on any atom is -0.394 e. The van der Waals surface area contributed by atoms with Crippen molar-refractivity contribution in [1.29, 1.82) is 0 Å². The van der Waals surface area contributed by atoms with Gasteiger partial charge in [0.15, 0.2) is 0 Å². The smallest absolute Gasteiger partial charge is 0.141 e. The van der Waals surface area contributed by atoms with Crippen LogP contribution >= 0.6 is 11.3 Å². The molecule has 3 aromatic rings. The summed E-state index contributed by atoms with van der Waals surface area (Å²) in [5.74, 6) is 0.425. The van der Waals surface area contributed by atoms with Gasteiger partial charge < -0.3 is 15.1 Å². The van der Waals surface area contributed by atoms with Crippen LogP contribution < -0.4 is 4.90 Å². The number of aliphatic hydroxyl groups is 2. The van der Waals surface area contributed by atoms with Crippen LogP contribution in [0.25, 0.3) is 21.3 Å². The van der Waals surface area contributed by atoms with Gasteiger partial charge >= 0.3 is 0 Å². The molecule has 1 saturated heterocycles. The van der Waals surface area contributed by atoms with Crippen molar-refractivity contribution in [2.24, 2.45) is 0 Å². The zero-order valence-corrected chi connectivity index (χ0v) is 13.6. The number of hydrogen-bond acceptors (Lipinski definition) is 6. The Labute approximate surface area is 142 Å². The maximum absolute atomic E-state index is 13.2. The molecule has 7 heteroatoms. The summed E-state index contributed by atoms with van der Waals surface area (Å²) in [6.45, 7) is 0.384. The van der Waals surface area contributed by atoms with Crippen molar-refractivity contribution < 1.29 is 14.6 Å². The lowest BCUT2D eigenvalue weighted by atomic mass is 10.1. The molecule has 2 aromatic heterocycles. The Morgan fingerprint density at radius 3 is 2.79 bits per heavy atom. The Balaban J connectivity index is 1.87. The Bertz CT molecular complexity index is 868. The number of β-amino-alcohol motifs (C(OH)–C–C–N with tert-alkyl or cyclic N) is 1. The van der Waals surface area contributed by atoms with Crippen molar-refractivity contribution in [3.8, 4) is 11.1 Å². The molecule has 0 radical (unpaired) electrons. The molecule has 2 N–H and O–H groups in total. The molecule has 24 heavy (non-hydrogen) atoms. The molecular formula is C17H16FN3O2S. The van der Waals surface area contributed by atoms with E-state index in [-0.39, 0.29) is 18.5 Å². The average molecular weight is 345 g/mol. The molecule has 0 spiro atoms. The Morgan fingerprint density at radius 2 is 2.04 bits per heavy atom. The third-order valence-electron chi connectivity index (χ3n) is 4.38. The maximum Gasteiger partial charge on any atom is 0.141 e. The topological polar surface area (TPSA) is 69.5 Å². The van der Waals surface area contributed by atoms with E-state index >= 15 is 0 Å². The minimum atomic E-state index is -0.486. The molecule has 1 aromatic carbocycles. The van der Waals surface area contributed by atoms with Crippen LogP contribution in [-0.4, -0.2) is 45.5 Å². The van der Waals surface area contributed by atoms with Crippen LogP contribution in [0.1, 0.15) is 6.42 Å². The fraction of sp³-hybridized carbons (Fsp3) is 0.294. The number of hydrogen-bond donors (Lipinski definition) is 2. The first-order valence-corrected chi connectivity index (χ1v) is 8.59. The number of anilines is 1. The van der Waals surface area contributed by atoms with Crippen LogP contribution in [-0.2, 0) is 0 Å². The zero-order chi connectivity index (χ0) is 16.7. The van der Waals surface area contributed by atoms with E-state index in [2.05, 4.69) is 9.97 Å². The van der Waals surface area contributed by atoms with Crippen molar-refractivity contribution in [3.05, 3.63) is 41.8 Å². The van der Waals surface area contributed by atoms with Gasteiger partial charge in [-0.3, -0.25) is 0 Å². The van der Waals surface area contributed by atoms with Crippen molar-refractivity contribution in [1.82, 2.24) is 9.97 Å². The van der Waals surface area contributed by atoms with Crippen molar-refractivity contribution in [3.63, 3.8) is 0 Å². The fourth-order valence-corrected chi connectivity index (χ4v) is 4.15. The summed E-state index contributed by atoms with van der Waals surface area (Å²) in [6, 6.07) is 6.15. The van der Waals surface area contributed by atoms with Crippen LogP contribution in [0.2, 0.25) is 0 Å². The summed E-state index contributed by atoms with van der Waals surface area (Å²) in [6.07, 6.45) is 1.53. The van der Waals surface area contributed by atoms with Gasteiger partial charge in [0.2, 0.25) is 0 Å². The number of rotatable bonds is 3. The highest BCUT2D eigenvalue weighted by atomic mass is 32.1. The minimum absolute atomic E-state index is 0.0431. The standard InChI is InChI=1S/C17H16FN3O2S/c18-11-3-1-10(2-4-11)14-8-24-17-15(14)16(19-9-20-17)21-6-13(23)5-12(21)7-22/h1-4,8-9,12-13,22-23H,5-7H2. The highest BCUT2D eigenvalue weighted by Gasteiger charge is 2.33. The number of nitrogens with zero attached hydrogens (tertiary/aromatic N) is 3. The SMILES string of the molecule is OCC1CC(O)CN1c1ncnc2scc(-c3ccc(F)cc3)c12. The van der Waals surface area contributed by atoms with Gasteiger partial charge in [-0.2, -0.15) is 0 Å². The van der Waals surface area contributed by atoms with Crippen LogP contribution in [0.4, 0.5) is 10.2 Å². The van der Waals surface area contributed by atoms with E-state index in [1.807, 2.05) is 10.3 Å². The van der Waals surface area contributed by atoms with Gasteiger partial charge in [0.05, 0.1) is 24.1 Å². The van der Waals surface area contributed by atoms with Crippen LogP contribution in [0, 0.1) is 5.82 Å². The quantitative estimate of drug-likeness (QED) is 0.763. The van der Waals surface area contributed by atoms with Crippen molar-refractivity contribution in [2.45, 2.75) is 18.6 Å². The first-order chi connectivity index (χ1) is 11.7. The Morgan fingerprint density at radius 1 is 1.25 bits per heavy atom. The monoisotopic (exact) mass is 345 g/mol. The number of thiophene rings is 1. The first kappa shape index (κ1) is 15.4. The molecule has 1 aliphatic rings. The highest BCUT2D eigenvalue weighted by molar-refractivity contribution is 7.17. The molecule has 0 amide bonds. The van der Waals surface area contributed by atoms with Crippen LogP contribution in [0.3, 0.4) is 0 Å². The third-order valence-corrected chi connectivity index (χ3v) is 5.27. The van der Waals surface area contributed by atoms with E-state index in [0.717, 1.165) is 21.3 Å². The molecule has 3 heterocycles. The van der Waals surface area contributed by atoms with E-state index in [1.54, 1.807) is 12.1 Å². The molecule has 4 rings (SSSR count). The molecule has 0 bridgehead atoms. The van der Waals surface area contributed by atoms with Gasteiger partial charge in [-0.15, -0.1) is 11.3 Å². The van der Waals surface area contributed by atoms with E-state index in [9.17, 15) is 14.6 Å². The summed E-state index contributed by atoms with van der Waals surface area (Å²) in [7, 11) is 0. The fourth-order valence-electron chi connectivity index (χ4n) is 3.24. The number of benzene rings is 1. The third kappa shape index (κ3) is 2.54. The largest absolute Gasteiger partial charge is 0.394 e. The summed E-state index contributed by atoms with van der Waals surface area (Å²) in [5, 5.41) is 22.4. The lowest BCUT2D eigenvalue weighted by molar-refractivity contribution is 0.184. The van der Waals surface area contributed by atoms with Crippen molar-refractivity contribution in [2.75, 3.05) is 18.1 Å². The van der Waals surface area contributed by atoms with E-state index in [4.69, 9.17) is 0 Å². The molecular weight excluding hydrogens is 329 g/mol. The molecule has 5 nitrogen and oxygen atoms in total. The predicted molar refractivity (Wildman–Crippen MR) is 91.7 cm³/mol. The molecule has 124 valence electrons. The van der Waals surface area contributed by atoms with E-state index < -0.39 is 6.10 Å². The molecule has 1 aliphatic heterocycles. The summed E-state index contributed by atoms with van der Waals surface area (Å²) in [4.78, 5) is 11.5. The molecule has 0 saturated carbocycles. The molecule has 2 atom stereocenters. The number of fused-ring (bicyclic) bond motifs is 1. The number of aromatic nitrogens is 2. The highest BCUT2D eigenvalue weighted by Crippen LogP contribution is 2.39. The van der Waals surface area contributed by atoms with E-state index in [1.165, 1.54) is 29.8 Å². The van der Waals surface area contributed by atoms with Gasteiger partial charge in [0, 0.05) is 17.5 Å². The van der Waals surface area contributed by atoms with Gasteiger partial charge in [0.25, 0.3) is 0 Å². The van der Waals surface area contributed by atoms with Crippen molar-refractivity contribution >= 4 is 27.4 Å².